The average Bonchev–Trinajstić information content (AvgIpc) is 2.39. The molecule has 0 aliphatic carbocycles. The van der Waals surface area contributed by atoms with Crippen LogP contribution in [-0.2, 0) is 0 Å². The summed E-state index contributed by atoms with van der Waals surface area (Å²) in [6, 6.07) is 9.82. The fourth-order valence-electron chi connectivity index (χ4n) is 1.57. The molecule has 2 aromatic carbocycles. The van der Waals surface area contributed by atoms with E-state index in [1.165, 1.54) is 6.07 Å². The number of carbonyl (C=O) groups excluding carboxylic acids is 1. The van der Waals surface area contributed by atoms with E-state index in [1.54, 1.807) is 37.3 Å². The fourth-order valence-corrected chi connectivity index (χ4v) is 1.86. The lowest BCUT2D eigenvalue weighted by molar-refractivity contribution is 0.215. The van der Waals surface area contributed by atoms with Gasteiger partial charge >= 0.3 is 6.09 Å². The molecule has 0 saturated heterocycles. The van der Waals surface area contributed by atoms with Crippen molar-refractivity contribution in [2.24, 2.45) is 0 Å². The Labute approximate surface area is 126 Å². The number of nitrogens with one attached hydrogen (secondary N) is 1. The summed E-state index contributed by atoms with van der Waals surface area (Å²) in [5.74, 6) is 0.309. The predicted molar refractivity (Wildman–Crippen MR) is 81.7 cm³/mol. The van der Waals surface area contributed by atoms with Gasteiger partial charge in [0.05, 0.1) is 10.7 Å². The predicted octanol–water partition coefficient (Wildman–Crippen LogP) is 4.49. The van der Waals surface area contributed by atoms with E-state index < -0.39 is 6.09 Å². The van der Waals surface area contributed by atoms with Crippen LogP contribution >= 0.6 is 23.2 Å². The number of nitrogens with two attached hydrogens (primary N) is 1. The van der Waals surface area contributed by atoms with Gasteiger partial charge in [-0.25, -0.2) is 4.79 Å². The van der Waals surface area contributed by atoms with Crippen LogP contribution < -0.4 is 15.8 Å². The van der Waals surface area contributed by atoms with E-state index in [0.29, 0.717) is 27.2 Å². The summed E-state index contributed by atoms with van der Waals surface area (Å²) in [6.45, 7) is 1.80. The van der Waals surface area contributed by atoms with Gasteiger partial charge < -0.3 is 10.5 Å². The van der Waals surface area contributed by atoms with Crippen LogP contribution in [0.1, 0.15) is 5.56 Å². The van der Waals surface area contributed by atoms with Gasteiger partial charge in [-0.2, -0.15) is 0 Å². The van der Waals surface area contributed by atoms with E-state index in [0.717, 1.165) is 5.56 Å². The Morgan fingerprint density at radius 2 is 1.95 bits per heavy atom. The minimum atomic E-state index is -0.628. The number of halogens is 2. The van der Waals surface area contributed by atoms with Gasteiger partial charge in [0.15, 0.2) is 0 Å². The van der Waals surface area contributed by atoms with E-state index in [1.807, 2.05) is 0 Å². The molecule has 0 saturated carbocycles. The Kier molecular flexibility index (Phi) is 4.37. The number of amides is 1. The van der Waals surface area contributed by atoms with Crippen LogP contribution in [0.4, 0.5) is 16.2 Å². The molecule has 0 unspecified atom stereocenters. The summed E-state index contributed by atoms with van der Waals surface area (Å²) in [5, 5.41) is 3.59. The summed E-state index contributed by atoms with van der Waals surface area (Å²) in [4.78, 5) is 11.8. The van der Waals surface area contributed by atoms with Crippen LogP contribution in [0.5, 0.6) is 5.75 Å². The highest BCUT2D eigenvalue weighted by molar-refractivity contribution is 6.33. The van der Waals surface area contributed by atoms with E-state index in [2.05, 4.69) is 5.32 Å². The molecule has 0 aromatic heterocycles. The van der Waals surface area contributed by atoms with Gasteiger partial charge in [0.1, 0.15) is 5.75 Å². The van der Waals surface area contributed by atoms with Crippen LogP contribution in [0.25, 0.3) is 0 Å². The molecule has 0 atom stereocenters. The topological polar surface area (TPSA) is 64.3 Å². The van der Waals surface area contributed by atoms with Crippen molar-refractivity contribution in [3.63, 3.8) is 0 Å². The first-order chi connectivity index (χ1) is 9.47. The first-order valence-corrected chi connectivity index (χ1v) is 6.52. The highest BCUT2D eigenvalue weighted by Gasteiger charge is 2.09. The zero-order valence-corrected chi connectivity index (χ0v) is 12.1. The van der Waals surface area contributed by atoms with Gasteiger partial charge in [0, 0.05) is 16.8 Å². The standard InChI is InChI=1S/C14H12Cl2N2O2/c1-8-10(15)3-2-4-13(8)18-14(19)20-9-5-6-11(16)12(17)7-9/h2-7H,17H2,1H3,(H,18,19). The minimum Gasteiger partial charge on any atom is -0.410 e. The lowest BCUT2D eigenvalue weighted by Crippen LogP contribution is -2.17. The maximum absolute atomic E-state index is 11.8. The Morgan fingerprint density at radius 3 is 2.65 bits per heavy atom. The fraction of sp³-hybridized carbons (Fsp3) is 0.0714. The van der Waals surface area contributed by atoms with Gasteiger partial charge in [0.25, 0.3) is 0 Å². The van der Waals surface area contributed by atoms with Crippen molar-refractivity contribution in [3.05, 3.63) is 52.0 Å². The lowest BCUT2D eigenvalue weighted by atomic mass is 10.2. The second-order valence-electron chi connectivity index (χ2n) is 4.11. The zero-order valence-electron chi connectivity index (χ0n) is 10.6. The molecule has 1 amide bonds. The van der Waals surface area contributed by atoms with E-state index >= 15 is 0 Å². The maximum Gasteiger partial charge on any atom is 0.417 e. The molecule has 3 N–H and O–H groups in total. The molecule has 0 fully saturated rings. The molecule has 0 bridgehead atoms. The van der Waals surface area contributed by atoms with E-state index in [-0.39, 0.29) is 0 Å². The normalized spacial score (nSPS) is 10.2. The summed E-state index contributed by atoms with van der Waals surface area (Å²) < 4.78 is 5.12. The molecular formula is C14H12Cl2N2O2. The molecule has 0 radical (unpaired) electrons. The first kappa shape index (κ1) is 14.5. The monoisotopic (exact) mass is 310 g/mol. The zero-order chi connectivity index (χ0) is 14.7. The van der Waals surface area contributed by atoms with Crippen molar-refractivity contribution in [3.8, 4) is 5.75 Å². The summed E-state index contributed by atoms with van der Waals surface area (Å²) in [5.41, 5.74) is 7.33. The number of nitrogen functional groups attached to an aromatic ring is 1. The smallest absolute Gasteiger partial charge is 0.410 e. The molecule has 20 heavy (non-hydrogen) atoms. The quantitative estimate of drug-likeness (QED) is 0.803. The van der Waals surface area contributed by atoms with Crippen LogP contribution in [0.3, 0.4) is 0 Å². The summed E-state index contributed by atoms with van der Waals surface area (Å²) in [6.07, 6.45) is -0.628. The highest BCUT2D eigenvalue weighted by Crippen LogP contribution is 2.25. The van der Waals surface area contributed by atoms with E-state index in [4.69, 9.17) is 33.7 Å². The number of hydrogen-bond acceptors (Lipinski definition) is 3. The van der Waals surface area contributed by atoms with Crippen LogP contribution in [0.15, 0.2) is 36.4 Å². The van der Waals surface area contributed by atoms with Crippen molar-refractivity contribution < 1.29 is 9.53 Å². The number of rotatable bonds is 2. The molecule has 2 rings (SSSR count). The third-order valence-electron chi connectivity index (χ3n) is 2.68. The molecule has 0 aliphatic rings. The van der Waals surface area contributed by atoms with Crippen molar-refractivity contribution in [1.82, 2.24) is 0 Å². The largest absolute Gasteiger partial charge is 0.417 e. The Morgan fingerprint density at radius 1 is 1.20 bits per heavy atom. The summed E-state index contributed by atoms with van der Waals surface area (Å²) >= 11 is 11.8. The van der Waals surface area contributed by atoms with Crippen LogP contribution in [-0.4, -0.2) is 6.09 Å². The second-order valence-corrected chi connectivity index (χ2v) is 4.92. The van der Waals surface area contributed by atoms with Crippen LogP contribution in [0.2, 0.25) is 10.0 Å². The lowest BCUT2D eigenvalue weighted by Gasteiger charge is -2.10. The van der Waals surface area contributed by atoms with Gasteiger partial charge in [-0.15, -0.1) is 0 Å². The molecule has 0 heterocycles. The van der Waals surface area contributed by atoms with Crippen molar-refractivity contribution in [2.75, 3.05) is 11.1 Å². The van der Waals surface area contributed by atoms with Gasteiger partial charge in [0.2, 0.25) is 0 Å². The van der Waals surface area contributed by atoms with Gasteiger partial charge in [-0.3, -0.25) is 5.32 Å². The van der Waals surface area contributed by atoms with Gasteiger partial charge in [-0.05, 0) is 36.8 Å². The molecule has 4 nitrogen and oxygen atoms in total. The minimum absolute atomic E-state index is 0.309. The molecule has 2 aromatic rings. The Balaban J connectivity index is 2.09. The van der Waals surface area contributed by atoms with Crippen molar-refractivity contribution in [1.29, 1.82) is 0 Å². The third-order valence-corrected chi connectivity index (χ3v) is 3.44. The van der Waals surface area contributed by atoms with Crippen LogP contribution in [0, 0.1) is 6.92 Å². The maximum atomic E-state index is 11.8. The summed E-state index contributed by atoms with van der Waals surface area (Å²) in [7, 11) is 0. The molecule has 104 valence electrons. The number of ether oxygens (including phenoxy) is 1. The second kappa shape index (κ2) is 6.03. The van der Waals surface area contributed by atoms with Crippen molar-refractivity contribution in [2.45, 2.75) is 6.92 Å². The number of hydrogen-bond donors (Lipinski definition) is 2. The molecule has 0 aliphatic heterocycles. The number of benzene rings is 2. The third kappa shape index (κ3) is 3.35. The number of anilines is 2. The highest BCUT2D eigenvalue weighted by atomic mass is 35.5. The molecule has 6 heteroatoms. The number of carbonyl (C=O) groups is 1. The van der Waals surface area contributed by atoms with Gasteiger partial charge in [-0.1, -0.05) is 29.3 Å². The van der Waals surface area contributed by atoms with Crippen molar-refractivity contribution >= 4 is 40.7 Å². The Bertz CT molecular complexity index is 660. The Hall–Kier alpha value is -1.91. The average molecular weight is 311 g/mol. The molecular weight excluding hydrogens is 299 g/mol. The SMILES string of the molecule is Cc1c(Cl)cccc1NC(=O)Oc1ccc(Cl)c(N)c1. The molecule has 0 spiro atoms. The van der Waals surface area contributed by atoms with E-state index in [9.17, 15) is 4.79 Å². The first-order valence-electron chi connectivity index (χ1n) is 5.76.